The van der Waals surface area contributed by atoms with E-state index in [-0.39, 0.29) is 0 Å². The zero-order chi connectivity index (χ0) is 7.82. The van der Waals surface area contributed by atoms with Gasteiger partial charge in [-0.25, -0.2) is 0 Å². The van der Waals surface area contributed by atoms with Crippen LogP contribution in [-0.4, -0.2) is 6.29 Å². The summed E-state index contributed by atoms with van der Waals surface area (Å²) < 4.78 is 0. The van der Waals surface area contributed by atoms with Crippen LogP contribution in [0.2, 0.25) is 0 Å². The molecule has 0 aromatic carbocycles. The van der Waals surface area contributed by atoms with Gasteiger partial charge in [0.2, 0.25) is 0 Å². The molecule has 0 aromatic rings. The summed E-state index contributed by atoms with van der Waals surface area (Å²) in [5, 5.41) is 0. The monoisotopic (exact) mass is 142 g/mol. The van der Waals surface area contributed by atoms with E-state index in [0.717, 1.165) is 19.1 Å². The number of carbonyl (C=O) groups is 1. The highest BCUT2D eigenvalue weighted by Crippen LogP contribution is 2.21. The molecule has 0 N–H and O–H groups in total. The van der Waals surface area contributed by atoms with Gasteiger partial charge in [-0.15, -0.1) is 0 Å². The van der Waals surface area contributed by atoms with Gasteiger partial charge in [-0.2, -0.15) is 0 Å². The van der Waals surface area contributed by atoms with E-state index in [1.54, 1.807) is 0 Å². The summed E-state index contributed by atoms with van der Waals surface area (Å²) in [7, 11) is 0. The largest absolute Gasteiger partial charge is 0.303 e. The zero-order valence-electron chi connectivity index (χ0n) is 7.10. The van der Waals surface area contributed by atoms with Crippen molar-refractivity contribution in [1.82, 2.24) is 0 Å². The van der Waals surface area contributed by atoms with Crippen molar-refractivity contribution in [3.63, 3.8) is 0 Å². The van der Waals surface area contributed by atoms with Crippen LogP contribution in [0.3, 0.4) is 0 Å². The lowest BCUT2D eigenvalue weighted by molar-refractivity contribution is -0.110. The van der Waals surface area contributed by atoms with Crippen LogP contribution < -0.4 is 0 Å². The fourth-order valence-electron chi connectivity index (χ4n) is 1.09. The van der Waals surface area contributed by atoms with Crippen LogP contribution in [0.1, 0.15) is 46.0 Å². The number of rotatable bonds is 1. The summed E-state index contributed by atoms with van der Waals surface area (Å²) in [6.07, 6.45) is 7.16. The van der Waals surface area contributed by atoms with Crippen LogP contribution in [0.15, 0.2) is 0 Å². The fraction of sp³-hybridized carbons (Fsp3) is 0.889. The first kappa shape index (κ1) is 9.67. The molecule has 0 aromatic heterocycles. The van der Waals surface area contributed by atoms with Crippen molar-refractivity contribution in [1.29, 1.82) is 0 Å². The van der Waals surface area contributed by atoms with Crippen molar-refractivity contribution in [2.24, 2.45) is 5.92 Å². The standard InChI is InChI=1S/C6H10O.C3H8/c7-5-6-3-1-2-4-6;1-3-2/h5-6H,1-4H2;3H2,1-2H3. The third kappa shape index (κ3) is 4.54. The van der Waals surface area contributed by atoms with Gasteiger partial charge in [0.05, 0.1) is 0 Å². The average molecular weight is 142 g/mol. The lowest BCUT2D eigenvalue weighted by Gasteiger charge is -1.90. The first-order chi connectivity index (χ1) is 4.85. The van der Waals surface area contributed by atoms with Crippen LogP contribution in [0.4, 0.5) is 0 Å². The Morgan fingerprint density at radius 2 is 1.70 bits per heavy atom. The molecule has 1 aliphatic carbocycles. The minimum atomic E-state index is 0.417. The summed E-state index contributed by atoms with van der Waals surface area (Å²) in [6, 6.07) is 0. The molecule has 1 fully saturated rings. The molecule has 0 unspecified atom stereocenters. The molecule has 10 heavy (non-hydrogen) atoms. The number of aldehydes is 1. The molecule has 0 amide bonds. The number of carbonyl (C=O) groups excluding carboxylic acids is 1. The topological polar surface area (TPSA) is 17.1 Å². The molecule has 0 spiro atoms. The molecule has 0 saturated heterocycles. The summed E-state index contributed by atoms with van der Waals surface area (Å²) in [6.45, 7) is 4.25. The molecular weight excluding hydrogens is 124 g/mol. The zero-order valence-corrected chi connectivity index (χ0v) is 7.10. The van der Waals surface area contributed by atoms with E-state index in [1.807, 2.05) is 0 Å². The Balaban J connectivity index is 0.000000236. The van der Waals surface area contributed by atoms with E-state index in [4.69, 9.17) is 0 Å². The molecule has 1 heteroatoms. The van der Waals surface area contributed by atoms with E-state index >= 15 is 0 Å². The highest BCUT2D eigenvalue weighted by Gasteiger charge is 2.12. The highest BCUT2D eigenvalue weighted by molar-refractivity contribution is 5.53. The predicted molar refractivity (Wildman–Crippen MR) is 44.0 cm³/mol. The molecule has 1 rings (SSSR count). The second-order valence-corrected chi connectivity index (χ2v) is 2.89. The van der Waals surface area contributed by atoms with Crippen molar-refractivity contribution in [2.75, 3.05) is 0 Å². The second kappa shape index (κ2) is 6.79. The van der Waals surface area contributed by atoms with E-state index in [0.29, 0.717) is 5.92 Å². The summed E-state index contributed by atoms with van der Waals surface area (Å²) in [5.74, 6) is 0.417. The van der Waals surface area contributed by atoms with Crippen molar-refractivity contribution in [3.05, 3.63) is 0 Å². The van der Waals surface area contributed by atoms with E-state index in [1.165, 1.54) is 19.3 Å². The normalized spacial score (nSPS) is 17.8. The molecule has 1 saturated carbocycles. The summed E-state index contributed by atoms with van der Waals surface area (Å²) in [4.78, 5) is 10.0. The minimum Gasteiger partial charge on any atom is -0.303 e. The van der Waals surface area contributed by atoms with Gasteiger partial charge in [-0.05, 0) is 12.8 Å². The Labute approximate surface area is 63.8 Å². The van der Waals surface area contributed by atoms with Gasteiger partial charge in [0.25, 0.3) is 0 Å². The lowest BCUT2D eigenvalue weighted by Crippen LogP contribution is -1.91. The van der Waals surface area contributed by atoms with Crippen molar-refractivity contribution < 1.29 is 4.79 Å². The van der Waals surface area contributed by atoms with Crippen LogP contribution in [0.5, 0.6) is 0 Å². The highest BCUT2D eigenvalue weighted by atomic mass is 16.1. The predicted octanol–water partition coefficient (Wildman–Crippen LogP) is 2.79. The second-order valence-electron chi connectivity index (χ2n) is 2.89. The number of hydrogen-bond donors (Lipinski definition) is 0. The van der Waals surface area contributed by atoms with Gasteiger partial charge in [0, 0.05) is 5.92 Å². The van der Waals surface area contributed by atoms with Crippen molar-refractivity contribution >= 4 is 6.29 Å². The Morgan fingerprint density at radius 3 is 1.90 bits per heavy atom. The van der Waals surface area contributed by atoms with E-state index < -0.39 is 0 Å². The van der Waals surface area contributed by atoms with Gasteiger partial charge in [-0.1, -0.05) is 33.1 Å². The quantitative estimate of drug-likeness (QED) is 0.514. The van der Waals surface area contributed by atoms with Gasteiger partial charge in [-0.3, -0.25) is 0 Å². The lowest BCUT2D eigenvalue weighted by atomic mass is 10.1. The molecule has 60 valence electrons. The molecule has 0 heterocycles. The Morgan fingerprint density at radius 1 is 1.30 bits per heavy atom. The first-order valence-electron chi connectivity index (χ1n) is 4.30. The van der Waals surface area contributed by atoms with E-state index in [2.05, 4.69) is 13.8 Å². The fourth-order valence-corrected chi connectivity index (χ4v) is 1.09. The maximum absolute atomic E-state index is 10.0. The SMILES string of the molecule is CCC.O=CC1CCCC1. The summed E-state index contributed by atoms with van der Waals surface area (Å²) >= 11 is 0. The molecule has 1 aliphatic rings. The molecule has 0 aliphatic heterocycles. The molecule has 0 atom stereocenters. The van der Waals surface area contributed by atoms with Crippen LogP contribution in [0, 0.1) is 5.92 Å². The molecule has 0 radical (unpaired) electrons. The maximum Gasteiger partial charge on any atom is 0.123 e. The summed E-state index contributed by atoms with van der Waals surface area (Å²) in [5.41, 5.74) is 0. The van der Waals surface area contributed by atoms with Crippen molar-refractivity contribution in [2.45, 2.75) is 46.0 Å². The minimum absolute atomic E-state index is 0.417. The average Bonchev–Trinajstić information content (AvgIpc) is 2.39. The van der Waals surface area contributed by atoms with E-state index in [9.17, 15) is 4.79 Å². The van der Waals surface area contributed by atoms with Crippen molar-refractivity contribution in [3.8, 4) is 0 Å². The third-order valence-corrected chi connectivity index (χ3v) is 1.59. The van der Waals surface area contributed by atoms with Crippen LogP contribution >= 0.6 is 0 Å². The van der Waals surface area contributed by atoms with Crippen LogP contribution in [0.25, 0.3) is 0 Å². The molecular formula is C9H18O. The van der Waals surface area contributed by atoms with Gasteiger partial charge in [0.1, 0.15) is 6.29 Å². The maximum atomic E-state index is 10.0. The molecule has 0 bridgehead atoms. The van der Waals surface area contributed by atoms with Gasteiger partial charge in [0.15, 0.2) is 0 Å². The van der Waals surface area contributed by atoms with Gasteiger partial charge < -0.3 is 4.79 Å². The van der Waals surface area contributed by atoms with Crippen LogP contribution in [-0.2, 0) is 4.79 Å². The first-order valence-corrected chi connectivity index (χ1v) is 4.30. The number of hydrogen-bond acceptors (Lipinski definition) is 1. The molecule has 1 nitrogen and oxygen atoms in total. The van der Waals surface area contributed by atoms with Gasteiger partial charge >= 0.3 is 0 Å². The Hall–Kier alpha value is -0.330. The Bertz CT molecular complexity index is 72.8. The Kier molecular flexibility index (Phi) is 6.56. The third-order valence-electron chi connectivity index (χ3n) is 1.59. The smallest absolute Gasteiger partial charge is 0.123 e.